The predicted molar refractivity (Wildman–Crippen MR) is 65.3 cm³/mol. The Kier molecular flexibility index (Phi) is 5.18. The Labute approximate surface area is 101 Å². The first-order valence-electron chi connectivity index (χ1n) is 5.37. The minimum absolute atomic E-state index is 0.252. The van der Waals surface area contributed by atoms with E-state index in [1.807, 2.05) is 6.92 Å². The Morgan fingerprint density at radius 1 is 1.65 bits per heavy atom. The fraction of sp³-hybridized carbons (Fsp3) is 0.385. The van der Waals surface area contributed by atoms with Gasteiger partial charge in [-0.15, -0.1) is 12.3 Å². The van der Waals surface area contributed by atoms with Gasteiger partial charge >= 0.3 is 5.97 Å². The molecule has 0 radical (unpaired) electrons. The lowest BCUT2D eigenvalue weighted by molar-refractivity contribution is 0.0600. The fourth-order valence-corrected chi connectivity index (χ4v) is 1.30. The van der Waals surface area contributed by atoms with Gasteiger partial charge in [0.2, 0.25) is 0 Å². The van der Waals surface area contributed by atoms with E-state index in [-0.39, 0.29) is 12.0 Å². The van der Waals surface area contributed by atoms with Crippen LogP contribution in [0.2, 0.25) is 0 Å². The van der Waals surface area contributed by atoms with E-state index >= 15 is 0 Å². The first-order valence-corrected chi connectivity index (χ1v) is 5.37. The third-order valence-corrected chi connectivity index (χ3v) is 2.30. The van der Waals surface area contributed by atoms with Gasteiger partial charge in [0.15, 0.2) is 0 Å². The molecule has 0 fully saturated rings. The predicted octanol–water partition coefficient (Wildman–Crippen LogP) is 1.37. The van der Waals surface area contributed by atoms with Gasteiger partial charge in [-0.3, -0.25) is 4.98 Å². The van der Waals surface area contributed by atoms with Gasteiger partial charge in [0.1, 0.15) is 0 Å². The molecule has 1 N–H and O–H groups in total. The third-order valence-electron chi connectivity index (χ3n) is 2.30. The second kappa shape index (κ2) is 6.66. The summed E-state index contributed by atoms with van der Waals surface area (Å²) in [6.07, 6.45) is 7.40. The van der Waals surface area contributed by atoms with E-state index in [2.05, 4.69) is 21.0 Å². The normalized spacial score (nSPS) is 11.6. The monoisotopic (exact) mass is 232 g/mol. The first kappa shape index (κ1) is 13.2. The molecule has 4 nitrogen and oxygen atoms in total. The molecule has 4 heteroatoms. The molecule has 1 aromatic rings. The van der Waals surface area contributed by atoms with Gasteiger partial charge in [0, 0.05) is 25.2 Å². The van der Waals surface area contributed by atoms with Crippen LogP contribution in [0.5, 0.6) is 0 Å². The standard InChI is InChI=1S/C13H16N2O2/c1-4-5-10(2)14-9-12-7-6-11(8-15-12)13(16)17-3/h1,6-8,10,14H,5,9H2,2-3H3. The lowest BCUT2D eigenvalue weighted by Gasteiger charge is -2.10. The Morgan fingerprint density at radius 2 is 2.41 bits per heavy atom. The van der Waals surface area contributed by atoms with E-state index in [1.54, 1.807) is 12.1 Å². The number of nitrogens with zero attached hydrogens (tertiary/aromatic N) is 1. The maximum absolute atomic E-state index is 11.2. The van der Waals surface area contributed by atoms with E-state index in [0.29, 0.717) is 18.5 Å². The van der Waals surface area contributed by atoms with Crippen LogP contribution in [0, 0.1) is 12.3 Å². The summed E-state index contributed by atoms with van der Waals surface area (Å²) >= 11 is 0. The SMILES string of the molecule is C#CCC(C)NCc1ccc(C(=O)OC)cn1. The highest BCUT2D eigenvalue weighted by atomic mass is 16.5. The van der Waals surface area contributed by atoms with Crippen LogP contribution < -0.4 is 5.32 Å². The highest BCUT2D eigenvalue weighted by Gasteiger charge is 2.05. The number of terminal acetylenes is 1. The van der Waals surface area contributed by atoms with Crippen LogP contribution >= 0.6 is 0 Å². The summed E-state index contributed by atoms with van der Waals surface area (Å²) in [7, 11) is 1.35. The quantitative estimate of drug-likeness (QED) is 0.615. The number of aromatic nitrogens is 1. The number of methoxy groups -OCH3 is 1. The van der Waals surface area contributed by atoms with Gasteiger partial charge in [0.25, 0.3) is 0 Å². The van der Waals surface area contributed by atoms with Gasteiger partial charge in [0.05, 0.1) is 18.4 Å². The summed E-state index contributed by atoms with van der Waals surface area (Å²) < 4.78 is 4.59. The Balaban J connectivity index is 2.51. The molecule has 1 atom stereocenters. The van der Waals surface area contributed by atoms with Crippen molar-refractivity contribution in [3.63, 3.8) is 0 Å². The van der Waals surface area contributed by atoms with Gasteiger partial charge in [-0.1, -0.05) is 0 Å². The van der Waals surface area contributed by atoms with Crippen LogP contribution in [-0.2, 0) is 11.3 Å². The molecule has 0 amide bonds. The Morgan fingerprint density at radius 3 is 2.94 bits per heavy atom. The van der Waals surface area contributed by atoms with Crippen molar-refractivity contribution in [2.24, 2.45) is 0 Å². The van der Waals surface area contributed by atoms with Crippen molar-refractivity contribution < 1.29 is 9.53 Å². The molecule has 0 aliphatic carbocycles. The first-order chi connectivity index (χ1) is 8.17. The smallest absolute Gasteiger partial charge is 0.339 e. The molecule has 1 heterocycles. The summed E-state index contributed by atoms with van der Waals surface area (Å²) in [4.78, 5) is 15.3. The molecule has 0 saturated heterocycles. The van der Waals surface area contributed by atoms with Crippen molar-refractivity contribution in [1.29, 1.82) is 0 Å². The number of carbonyl (C=O) groups excluding carboxylic acids is 1. The molecule has 0 aliphatic rings. The van der Waals surface area contributed by atoms with E-state index in [4.69, 9.17) is 6.42 Å². The largest absolute Gasteiger partial charge is 0.465 e. The molecule has 90 valence electrons. The van der Waals surface area contributed by atoms with Crippen LogP contribution in [0.15, 0.2) is 18.3 Å². The van der Waals surface area contributed by atoms with Crippen LogP contribution in [0.3, 0.4) is 0 Å². The molecule has 0 bridgehead atoms. The highest BCUT2D eigenvalue weighted by Crippen LogP contribution is 2.02. The van der Waals surface area contributed by atoms with Gasteiger partial charge in [-0.05, 0) is 19.1 Å². The molecular weight excluding hydrogens is 216 g/mol. The zero-order chi connectivity index (χ0) is 12.7. The van der Waals surface area contributed by atoms with E-state index in [9.17, 15) is 4.79 Å². The molecular formula is C13H16N2O2. The minimum Gasteiger partial charge on any atom is -0.465 e. The number of carbonyl (C=O) groups is 1. The molecule has 1 rings (SSSR count). The van der Waals surface area contributed by atoms with Crippen molar-refractivity contribution in [3.8, 4) is 12.3 Å². The van der Waals surface area contributed by atoms with Crippen LogP contribution in [0.1, 0.15) is 29.4 Å². The number of rotatable bonds is 5. The van der Waals surface area contributed by atoms with Crippen molar-refractivity contribution in [1.82, 2.24) is 10.3 Å². The van der Waals surface area contributed by atoms with Gasteiger partial charge in [-0.2, -0.15) is 0 Å². The molecule has 1 unspecified atom stereocenters. The van der Waals surface area contributed by atoms with Gasteiger partial charge < -0.3 is 10.1 Å². The second-order valence-corrected chi connectivity index (χ2v) is 3.72. The van der Waals surface area contributed by atoms with E-state index in [1.165, 1.54) is 13.3 Å². The summed E-state index contributed by atoms with van der Waals surface area (Å²) in [5.74, 6) is 2.21. The van der Waals surface area contributed by atoms with Crippen LogP contribution in [0.4, 0.5) is 0 Å². The van der Waals surface area contributed by atoms with Crippen molar-refractivity contribution >= 4 is 5.97 Å². The third kappa shape index (κ3) is 4.25. The number of pyridine rings is 1. The van der Waals surface area contributed by atoms with Gasteiger partial charge in [-0.25, -0.2) is 4.79 Å². The molecule has 0 saturated carbocycles. The number of esters is 1. The van der Waals surface area contributed by atoms with Crippen molar-refractivity contribution in [3.05, 3.63) is 29.6 Å². The van der Waals surface area contributed by atoms with Crippen molar-refractivity contribution in [2.75, 3.05) is 7.11 Å². The van der Waals surface area contributed by atoms with Crippen LogP contribution in [-0.4, -0.2) is 24.1 Å². The Bertz CT molecular complexity index is 406. The number of nitrogens with one attached hydrogen (secondary N) is 1. The summed E-state index contributed by atoms with van der Waals surface area (Å²) in [6.45, 7) is 2.65. The summed E-state index contributed by atoms with van der Waals surface area (Å²) in [5.41, 5.74) is 1.31. The maximum atomic E-state index is 11.2. The molecule has 17 heavy (non-hydrogen) atoms. The average molecular weight is 232 g/mol. The topological polar surface area (TPSA) is 51.2 Å². The zero-order valence-electron chi connectivity index (χ0n) is 10.1. The molecule has 0 aliphatic heterocycles. The second-order valence-electron chi connectivity index (χ2n) is 3.72. The summed E-state index contributed by atoms with van der Waals surface area (Å²) in [5, 5.41) is 3.24. The molecule has 0 aromatic carbocycles. The lowest BCUT2D eigenvalue weighted by Crippen LogP contribution is -2.25. The number of hydrogen-bond donors (Lipinski definition) is 1. The average Bonchev–Trinajstić information content (AvgIpc) is 2.36. The minimum atomic E-state index is -0.377. The Hall–Kier alpha value is -1.86. The highest BCUT2D eigenvalue weighted by molar-refractivity contribution is 5.88. The zero-order valence-corrected chi connectivity index (χ0v) is 10.1. The fourth-order valence-electron chi connectivity index (χ4n) is 1.30. The lowest BCUT2D eigenvalue weighted by atomic mass is 10.2. The number of ether oxygens (including phenoxy) is 1. The maximum Gasteiger partial charge on any atom is 0.339 e. The molecule has 0 spiro atoms. The van der Waals surface area contributed by atoms with E-state index < -0.39 is 0 Å². The van der Waals surface area contributed by atoms with Crippen LogP contribution in [0.25, 0.3) is 0 Å². The molecule has 1 aromatic heterocycles. The van der Waals surface area contributed by atoms with Crippen molar-refractivity contribution in [2.45, 2.75) is 25.9 Å². The number of hydrogen-bond acceptors (Lipinski definition) is 4. The van der Waals surface area contributed by atoms with E-state index in [0.717, 1.165) is 5.69 Å². The summed E-state index contributed by atoms with van der Waals surface area (Å²) in [6, 6.07) is 3.74.